The van der Waals surface area contributed by atoms with Crippen LogP contribution in [-0.4, -0.2) is 91.7 Å². The highest BCUT2D eigenvalue weighted by molar-refractivity contribution is 5.99. The third-order valence-corrected chi connectivity index (χ3v) is 12.9. The lowest BCUT2D eigenvalue weighted by Crippen LogP contribution is -2.49. The number of hydrogen-bond donors (Lipinski definition) is 2. The monoisotopic (exact) mass is 761 g/mol. The Morgan fingerprint density at radius 3 is 2.32 bits per heavy atom. The maximum absolute atomic E-state index is 15.5. The molecule has 2 N–H and O–H groups in total. The van der Waals surface area contributed by atoms with E-state index in [2.05, 4.69) is 44.3 Å². The molecule has 0 spiro atoms. The topological polar surface area (TPSA) is 88.6 Å². The molecule has 3 saturated heterocycles. The van der Waals surface area contributed by atoms with Crippen molar-refractivity contribution in [2.24, 2.45) is 5.92 Å². The van der Waals surface area contributed by atoms with E-state index >= 15 is 4.39 Å². The molecule has 9 rings (SSSR count). The van der Waals surface area contributed by atoms with Gasteiger partial charge in [-0.05, 0) is 90.8 Å². The van der Waals surface area contributed by atoms with Crippen LogP contribution in [0.4, 0.5) is 20.2 Å². The summed E-state index contributed by atoms with van der Waals surface area (Å²) in [6.07, 6.45) is 3.26. The number of aromatic hydroxyl groups is 1. The van der Waals surface area contributed by atoms with E-state index < -0.39 is 0 Å². The van der Waals surface area contributed by atoms with E-state index in [-0.39, 0.29) is 47.1 Å². The third-order valence-electron chi connectivity index (χ3n) is 12.9. The zero-order chi connectivity index (χ0) is 38.5. The molecule has 56 heavy (non-hydrogen) atoms. The molecule has 4 aromatic carbocycles. The van der Waals surface area contributed by atoms with Crippen LogP contribution in [0, 0.1) is 24.5 Å². The summed E-state index contributed by atoms with van der Waals surface area (Å²) in [7, 11) is 0. The molecule has 0 unspecified atom stereocenters. The van der Waals surface area contributed by atoms with Gasteiger partial charge < -0.3 is 29.9 Å². The van der Waals surface area contributed by atoms with Gasteiger partial charge >= 0.3 is 0 Å². The molecule has 0 radical (unpaired) electrons. The zero-order valence-corrected chi connectivity index (χ0v) is 31.9. The largest absolute Gasteiger partial charge is 0.508 e. The summed E-state index contributed by atoms with van der Waals surface area (Å²) in [5.74, 6) is 0.771. The molecule has 9 nitrogen and oxygen atoms in total. The smallest absolute Gasteiger partial charge is 0.254 e. The number of piperidine rings is 2. The van der Waals surface area contributed by atoms with Gasteiger partial charge in [0.05, 0.1) is 18.3 Å². The maximum Gasteiger partial charge on any atom is 0.254 e. The van der Waals surface area contributed by atoms with Crippen LogP contribution in [0.5, 0.6) is 11.5 Å². The van der Waals surface area contributed by atoms with Crippen molar-refractivity contribution >= 4 is 23.2 Å². The van der Waals surface area contributed by atoms with Crippen LogP contribution in [-0.2, 0) is 11.3 Å². The lowest BCUT2D eigenvalue weighted by atomic mass is 9.75. The number of benzene rings is 4. The maximum atomic E-state index is 15.5. The van der Waals surface area contributed by atoms with Crippen molar-refractivity contribution in [1.29, 1.82) is 0 Å². The zero-order valence-electron chi connectivity index (χ0n) is 31.9. The van der Waals surface area contributed by atoms with Gasteiger partial charge in [0, 0.05) is 100 Å². The fourth-order valence-corrected chi connectivity index (χ4v) is 9.67. The molecule has 11 heteroatoms. The minimum atomic E-state index is -0.342. The van der Waals surface area contributed by atoms with Crippen molar-refractivity contribution in [3.63, 3.8) is 0 Å². The molecule has 0 saturated carbocycles. The van der Waals surface area contributed by atoms with Crippen molar-refractivity contribution in [2.45, 2.75) is 57.0 Å². The Bertz CT molecular complexity index is 2120. The molecule has 0 aliphatic carbocycles. The van der Waals surface area contributed by atoms with Crippen molar-refractivity contribution in [2.75, 3.05) is 68.8 Å². The Hall–Kier alpha value is -5.16. The van der Waals surface area contributed by atoms with E-state index in [0.29, 0.717) is 61.0 Å². The average Bonchev–Trinajstić information content (AvgIpc) is 3.53. The van der Waals surface area contributed by atoms with E-state index in [1.807, 2.05) is 24.3 Å². The minimum Gasteiger partial charge on any atom is -0.508 e. The van der Waals surface area contributed by atoms with Crippen molar-refractivity contribution in [1.82, 2.24) is 15.1 Å². The number of hydrogen-bond acceptors (Lipinski definition) is 7. The summed E-state index contributed by atoms with van der Waals surface area (Å²) >= 11 is 0. The Kier molecular flexibility index (Phi) is 9.81. The standard InChI is InChI=1S/C45H49F2N5O4/c1-28-20-31(4-10-39(28)46)38-27-56-42-22-35(53)8-9-36(42)44(38)30-2-5-33(6-3-30)50-14-12-29(13-15-50)25-49-16-18-51(19-17-49)41-21-32-26-52(34-7-11-43(54)48-24-34)45(55)37(32)23-40(41)47/h2-6,8-10,20-23,29,34,38,44,53H,7,11-19,24-27H2,1H3,(H,48,54)/t34-,38+,44+/m0/s1. The molecule has 2 amide bonds. The number of halogens is 2. The van der Waals surface area contributed by atoms with Gasteiger partial charge in [0.25, 0.3) is 5.91 Å². The fraction of sp³-hybridized carbons (Fsp3) is 0.422. The number of phenolic OH excluding ortho intramolecular Hbond substituents is 1. The third kappa shape index (κ3) is 7.06. The van der Waals surface area contributed by atoms with Gasteiger partial charge in [0.1, 0.15) is 23.1 Å². The van der Waals surface area contributed by atoms with Crippen LogP contribution in [0.3, 0.4) is 0 Å². The minimum absolute atomic E-state index is 0.00216. The predicted octanol–water partition coefficient (Wildman–Crippen LogP) is 6.56. The predicted molar refractivity (Wildman–Crippen MR) is 212 cm³/mol. The van der Waals surface area contributed by atoms with E-state index in [4.69, 9.17) is 4.74 Å². The number of phenols is 1. The fourth-order valence-electron chi connectivity index (χ4n) is 9.67. The van der Waals surface area contributed by atoms with Gasteiger partial charge in [0.15, 0.2) is 0 Å². The molecule has 5 aliphatic rings. The van der Waals surface area contributed by atoms with Gasteiger partial charge in [-0.15, -0.1) is 0 Å². The highest BCUT2D eigenvalue weighted by atomic mass is 19.1. The highest BCUT2D eigenvalue weighted by Crippen LogP contribution is 2.47. The van der Waals surface area contributed by atoms with Crippen LogP contribution in [0.25, 0.3) is 0 Å². The van der Waals surface area contributed by atoms with E-state index in [1.165, 1.54) is 17.8 Å². The first-order valence-corrected chi connectivity index (χ1v) is 20.1. The number of nitrogens with one attached hydrogen (secondary N) is 1. The number of carbonyl (C=O) groups is 2. The van der Waals surface area contributed by atoms with Crippen molar-refractivity contribution < 1.29 is 28.2 Å². The van der Waals surface area contributed by atoms with Gasteiger partial charge in [-0.25, -0.2) is 8.78 Å². The first-order valence-electron chi connectivity index (χ1n) is 20.1. The number of nitrogens with zero attached hydrogens (tertiary/aromatic N) is 4. The van der Waals surface area contributed by atoms with E-state index in [0.717, 1.165) is 80.9 Å². The normalized spacial score (nSPS) is 23.1. The Balaban J connectivity index is 0.796. The summed E-state index contributed by atoms with van der Waals surface area (Å²) in [4.78, 5) is 33.7. The molecular weight excluding hydrogens is 713 g/mol. The molecule has 5 aliphatic heterocycles. The molecule has 0 aromatic heterocycles. The van der Waals surface area contributed by atoms with E-state index in [9.17, 15) is 19.1 Å². The Labute approximate surface area is 326 Å². The number of anilines is 2. The molecule has 4 aromatic rings. The molecule has 3 atom stereocenters. The van der Waals surface area contributed by atoms with Gasteiger partial charge in [-0.2, -0.15) is 0 Å². The average molecular weight is 762 g/mol. The van der Waals surface area contributed by atoms with Crippen LogP contribution in [0.1, 0.15) is 75.7 Å². The number of fused-ring (bicyclic) bond motifs is 2. The van der Waals surface area contributed by atoms with Crippen LogP contribution < -0.4 is 19.9 Å². The van der Waals surface area contributed by atoms with Crippen LogP contribution in [0.15, 0.2) is 72.8 Å². The first-order chi connectivity index (χ1) is 27.2. The number of carbonyl (C=O) groups excluding carboxylic acids is 2. The summed E-state index contributed by atoms with van der Waals surface area (Å²) < 4.78 is 35.8. The number of aryl methyl sites for hydroxylation is 1. The second kappa shape index (κ2) is 15.1. The number of piperazine rings is 1. The van der Waals surface area contributed by atoms with Gasteiger partial charge in [-0.3, -0.25) is 14.5 Å². The molecule has 0 bridgehead atoms. The molecule has 5 heterocycles. The summed E-state index contributed by atoms with van der Waals surface area (Å²) in [5.41, 5.74) is 6.93. The van der Waals surface area contributed by atoms with Crippen LogP contribution in [0.2, 0.25) is 0 Å². The summed E-state index contributed by atoms with van der Waals surface area (Å²) in [5, 5.41) is 13.0. The number of ether oxygens (including phenoxy) is 1. The van der Waals surface area contributed by atoms with Gasteiger partial charge in [-0.1, -0.05) is 30.3 Å². The highest BCUT2D eigenvalue weighted by Gasteiger charge is 2.37. The van der Waals surface area contributed by atoms with Gasteiger partial charge in [0.2, 0.25) is 5.91 Å². The first kappa shape index (κ1) is 36.5. The summed E-state index contributed by atoms with van der Waals surface area (Å²) in [6, 6.07) is 22.8. The lowest BCUT2D eigenvalue weighted by Gasteiger charge is -2.40. The lowest BCUT2D eigenvalue weighted by molar-refractivity contribution is -0.123. The van der Waals surface area contributed by atoms with Crippen LogP contribution >= 0.6 is 0 Å². The molecular formula is C45H49F2N5O4. The second-order valence-corrected chi connectivity index (χ2v) is 16.3. The second-order valence-electron chi connectivity index (χ2n) is 16.3. The summed E-state index contributed by atoms with van der Waals surface area (Å²) in [6.45, 7) is 9.39. The number of amides is 2. The van der Waals surface area contributed by atoms with Crippen molar-refractivity contribution in [3.8, 4) is 11.5 Å². The van der Waals surface area contributed by atoms with E-state index in [1.54, 1.807) is 24.0 Å². The van der Waals surface area contributed by atoms with Crippen molar-refractivity contribution in [3.05, 3.63) is 118 Å². The molecule has 3 fully saturated rings. The number of rotatable bonds is 7. The Morgan fingerprint density at radius 2 is 1.59 bits per heavy atom. The Morgan fingerprint density at radius 1 is 0.821 bits per heavy atom. The quantitative estimate of drug-likeness (QED) is 0.221. The molecule has 292 valence electrons. The SMILES string of the molecule is Cc1cc([C@H]2COc3cc(O)ccc3[C@H]2c2ccc(N3CCC(CN4CCN(c5cc6c(cc5F)C(=O)N([C@H]5CCC(=O)NC5)C6)CC4)CC3)cc2)ccc1F.